The van der Waals surface area contributed by atoms with Gasteiger partial charge in [0.2, 0.25) is 0 Å². The molecule has 2 heterocycles. The zero-order valence-electron chi connectivity index (χ0n) is 7.85. The molecule has 15 heavy (non-hydrogen) atoms. The van der Waals surface area contributed by atoms with Gasteiger partial charge in [-0.1, -0.05) is 11.6 Å². The fraction of sp³-hybridized carbons (Fsp3) is 0.200. The smallest absolute Gasteiger partial charge is 0.0952 e. The maximum absolute atomic E-state index is 5.91. The van der Waals surface area contributed by atoms with E-state index < -0.39 is 0 Å². The normalized spacial score (nSPS) is 12.7. The number of hydrogen-bond acceptors (Lipinski definition) is 2. The Hall–Kier alpha value is -1.06. The van der Waals surface area contributed by atoms with Crippen molar-refractivity contribution in [1.82, 2.24) is 14.5 Å². The molecule has 0 fully saturated rings. The Kier molecular flexibility index (Phi) is 3.23. The van der Waals surface area contributed by atoms with Crippen molar-refractivity contribution in [2.45, 2.75) is 6.04 Å². The summed E-state index contributed by atoms with van der Waals surface area (Å²) in [5.74, 6) is 0.449. The minimum absolute atomic E-state index is 0.00596. The second kappa shape index (κ2) is 4.64. The van der Waals surface area contributed by atoms with Crippen LogP contribution in [-0.2, 0) is 0 Å². The molecule has 78 valence electrons. The largest absolute Gasteiger partial charge is 0.327 e. The van der Waals surface area contributed by atoms with Gasteiger partial charge in [0.05, 0.1) is 23.1 Å². The maximum atomic E-state index is 5.91. The molecule has 0 aromatic carbocycles. The van der Waals surface area contributed by atoms with Crippen LogP contribution in [0.5, 0.6) is 0 Å². The Morgan fingerprint density at radius 1 is 1.40 bits per heavy atom. The topological polar surface area (TPSA) is 30.7 Å². The molecule has 2 rings (SSSR count). The van der Waals surface area contributed by atoms with Gasteiger partial charge in [0, 0.05) is 24.5 Å². The Labute approximate surface area is 97.7 Å². The highest BCUT2D eigenvalue weighted by molar-refractivity contribution is 6.30. The van der Waals surface area contributed by atoms with Crippen molar-refractivity contribution in [3.63, 3.8) is 0 Å². The lowest BCUT2D eigenvalue weighted by Crippen LogP contribution is -2.11. The summed E-state index contributed by atoms with van der Waals surface area (Å²) >= 11 is 11.7. The lowest BCUT2D eigenvalue weighted by molar-refractivity contribution is 0.626. The molecule has 1 unspecified atom stereocenters. The predicted octanol–water partition coefficient (Wildman–Crippen LogP) is 2.76. The van der Waals surface area contributed by atoms with Crippen molar-refractivity contribution in [3.8, 4) is 0 Å². The Morgan fingerprint density at radius 3 is 2.80 bits per heavy atom. The number of pyridine rings is 1. The minimum Gasteiger partial charge on any atom is -0.327 e. The van der Waals surface area contributed by atoms with Crippen molar-refractivity contribution < 1.29 is 0 Å². The summed E-state index contributed by atoms with van der Waals surface area (Å²) in [6.45, 7) is 0. The van der Waals surface area contributed by atoms with Crippen molar-refractivity contribution >= 4 is 23.2 Å². The Morgan fingerprint density at radius 2 is 2.27 bits per heavy atom. The van der Waals surface area contributed by atoms with E-state index in [0.717, 1.165) is 5.69 Å². The van der Waals surface area contributed by atoms with E-state index in [1.54, 1.807) is 24.8 Å². The number of rotatable bonds is 3. The third kappa shape index (κ3) is 2.30. The summed E-state index contributed by atoms with van der Waals surface area (Å²) in [4.78, 5) is 8.22. The average Bonchev–Trinajstić information content (AvgIpc) is 2.75. The van der Waals surface area contributed by atoms with Crippen LogP contribution in [0, 0.1) is 0 Å². The Balaban J connectivity index is 2.31. The van der Waals surface area contributed by atoms with Gasteiger partial charge >= 0.3 is 0 Å². The van der Waals surface area contributed by atoms with Crippen LogP contribution in [0.3, 0.4) is 0 Å². The highest BCUT2D eigenvalue weighted by Gasteiger charge is 2.12. The van der Waals surface area contributed by atoms with Gasteiger partial charge in [0.25, 0.3) is 0 Å². The lowest BCUT2D eigenvalue weighted by atomic mass is 10.2. The van der Waals surface area contributed by atoms with Crippen molar-refractivity contribution in [2.75, 3.05) is 5.88 Å². The molecular formula is C10H9Cl2N3. The second-order valence-electron chi connectivity index (χ2n) is 3.08. The van der Waals surface area contributed by atoms with E-state index >= 15 is 0 Å². The van der Waals surface area contributed by atoms with Gasteiger partial charge in [0.1, 0.15) is 0 Å². The van der Waals surface area contributed by atoms with Crippen LogP contribution in [0.25, 0.3) is 0 Å². The fourth-order valence-corrected chi connectivity index (χ4v) is 1.78. The summed E-state index contributed by atoms with van der Waals surface area (Å²) in [5.41, 5.74) is 0.882. The fourth-order valence-electron chi connectivity index (χ4n) is 1.35. The SMILES string of the molecule is ClCC(c1ccc(Cl)cn1)n1ccnc1. The highest BCUT2D eigenvalue weighted by Crippen LogP contribution is 2.18. The molecule has 0 bridgehead atoms. The van der Waals surface area contributed by atoms with E-state index in [1.807, 2.05) is 16.8 Å². The lowest BCUT2D eigenvalue weighted by Gasteiger charge is -2.14. The first-order valence-electron chi connectivity index (χ1n) is 4.46. The van der Waals surface area contributed by atoms with Crippen LogP contribution in [0.2, 0.25) is 5.02 Å². The number of hydrogen-bond donors (Lipinski definition) is 0. The van der Waals surface area contributed by atoms with E-state index in [9.17, 15) is 0 Å². The van der Waals surface area contributed by atoms with Gasteiger partial charge in [-0.05, 0) is 12.1 Å². The molecule has 0 radical (unpaired) electrons. The van der Waals surface area contributed by atoms with E-state index in [1.165, 1.54) is 0 Å². The van der Waals surface area contributed by atoms with Crippen molar-refractivity contribution in [1.29, 1.82) is 0 Å². The van der Waals surface area contributed by atoms with E-state index in [0.29, 0.717) is 10.9 Å². The maximum Gasteiger partial charge on any atom is 0.0952 e. The zero-order valence-corrected chi connectivity index (χ0v) is 9.36. The molecule has 2 aromatic heterocycles. The van der Waals surface area contributed by atoms with Gasteiger partial charge in [-0.3, -0.25) is 4.98 Å². The van der Waals surface area contributed by atoms with Gasteiger partial charge in [0.15, 0.2) is 0 Å². The van der Waals surface area contributed by atoms with Crippen LogP contribution >= 0.6 is 23.2 Å². The predicted molar refractivity (Wildman–Crippen MR) is 60.3 cm³/mol. The van der Waals surface area contributed by atoms with E-state index in [4.69, 9.17) is 23.2 Å². The van der Waals surface area contributed by atoms with Crippen LogP contribution < -0.4 is 0 Å². The number of alkyl halides is 1. The monoisotopic (exact) mass is 241 g/mol. The van der Waals surface area contributed by atoms with Gasteiger partial charge < -0.3 is 4.57 Å². The van der Waals surface area contributed by atoms with Gasteiger partial charge in [-0.15, -0.1) is 11.6 Å². The number of imidazole rings is 1. The number of nitrogens with zero attached hydrogens (tertiary/aromatic N) is 3. The first-order valence-corrected chi connectivity index (χ1v) is 5.37. The van der Waals surface area contributed by atoms with Crippen LogP contribution in [0.15, 0.2) is 37.1 Å². The summed E-state index contributed by atoms with van der Waals surface area (Å²) in [5, 5.41) is 0.623. The van der Waals surface area contributed by atoms with Gasteiger partial charge in [-0.25, -0.2) is 4.98 Å². The molecule has 3 nitrogen and oxygen atoms in total. The second-order valence-corrected chi connectivity index (χ2v) is 3.83. The van der Waals surface area contributed by atoms with Crippen LogP contribution in [0.1, 0.15) is 11.7 Å². The van der Waals surface area contributed by atoms with E-state index in [2.05, 4.69) is 9.97 Å². The molecular weight excluding hydrogens is 233 g/mol. The van der Waals surface area contributed by atoms with Crippen molar-refractivity contribution in [2.24, 2.45) is 0 Å². The molecule has 0 aliphatic carbocycles. The molecule has 0 aliphatic heterocycles. The number of aromatic nitrogens is 3. The van der Waals surface area contributed by atoms with Crippen LogP contribution in [-0.4, -0.2) is 20.4 Å². The third-order valence-electron chi connectivity index (χ3n) is 2.12. The molecule has 0 amide bonds. The molecule has 0 aliphatic rings. The minimum atomic E-state index is 0.00596. The van der Waals surface area contributed by atoms with E-state index in [-0.39, 0.29) is 6.04 Å². The first-order chi connectivity index (χ1) is 7.31. The first kappa shape index (κ1) is 10.5. The molecule has 5 heteroatoms. The number of halogens is 2. The molecule has 0 saturated carbocycles. The summed E-state index contributed by atoms with van der Waals surface area (Å²) in [7, 11) is 0. The van der Waals surface area contributed by atoms with Crippen molar-refractivity contribution in [3.05, 3.63) is 47.8 Å². The summed E-state index contributed by atoms with van der Waals surface area (Å²) in [6.07, 6.45) is 6.93. The molecule has 0 spiro atoms. The third-order valence-corrected chi connectivity index (χ3v) is 2.64. The van der Waals surface area contributed by atoms with Gasteiger partial charge in [-0.2, -0.15) is 0 Å². The molecule has 0 saturated heterocycles. The molecule has 0 N–H and O–H groups in total. The summed E-state index contributed by atoms with van der Waals surface area (Å²) in [6, 6.07) is 3.68. The molecule has 1 atom stereocenters. The van der Waals surface area contributed by atoms with Crippen LogP contribution in [0.4, 0.5) is 0 Å². The Bertz CT molecular complexity index is 411. The average molecular weight is 242 g/mol. The summed E-state index contributed by atoms with van der Waals surface area (Å²) < 4.78 is 1.92. The standard InChI is InChI=1S/C10H9Cl2N3/c11-5-10(15-4-3-13-7-15)9-2-1-8(12)6-14-9/h1-4,6-7,10H,5H2. The highest BCUT2D eigenvalue weighted by atomic mass is 35.5. The molecule has 2 aromatic rings. The zero-order chi connectivity index (χ0) is 10.7. The quantitative estimate of drug-likeness (QED) is 0.775.